The van der Waals surface area contributed by atoms with Crippen LogP contribution in [-0.4, -0.2) is 27.8 Å². The second-order valence-corrected chi connectivity index (χ2v) is 9.44. The van der Waals surface area contributed by atoms with E-state index in [1.165, 1.54) is 23.1 Å². The Morgan fingerprint density at radius 2 is 1.88 bits per heavy atom. The summed E-state index contributed by atoms with van der Waals surface area (Å²) in [4.78, 5) is 33.5. The fourth-order valence-corrected chi connectivity index (χ4v) is 5.36. The van der Waals surface area contributed by atoms with Gasteiger partial charge in [0, 0.05) is 12.2 Å². The highest BCUT2D eigenvalue weighted by molar-refractivity contribution is 7.99. The molecular weight excluding hydrogens is 452 g/mol. The van der Waals surface area contributed by atoms with E-state index in [2.05, 4.69) is 11.1 Å². The van der Waals surface area contributed by atoms with Crippen molar-refractivity contribution >= 4 is 44.9 Å². The second kappa shape index (κ2) is 10.0. The number of carbonyl (C=O) groups is 1. The van der Waals surface area contributed by atoms with Crippen molar-refractivity contribution in [3.63, 3.8) is 0 Å². The minimum Gasteiger partial charge on any atom is -0.311 e. The number of nitrogens with zero attached hydrogens (tertiary/aromatic N) is 4. The van der Waals surface area contributed by atoms with Gasteiger partial charge in [0.25, 0.3) is 5.56 Å². The quantitative estimate of drug-likeness (QED) is 0.275. The number of rotatable bonds is 7. The van der Waals surface area contributed by atoms with Crippen LogP contribution in [0.1, 0.15) is 17.5 Å². The van der Waals surface area contributed by atoms with Crippen LogP contribution in [0.3, 0.4) is 0 Å². The zero-order chi connectivity index (χ0) is 23.4. The first kappa shape index (κ1) is 22.8. The highest BCUT2D eigenvalue weighted by Crippen LogP contribution is 2.26. The van der Waals surface area contributed by atoms with Crippen molar-refractivity contribution < 1.29 is 4.79 Å². The number of aromatic nitrogens is 2. The van der Waals surface area contributed by atoms with Crippen LogP contribution in [0.4, 0.5) is 5.69 Å². The van der Waals surface area contributed by atoms with Crippen molar-refractivity contribution in [2.45, 2.75) is 25.4 Å². The normalized spacial score (nSPS) is 10.8. The summed E-state index contributed by atoms with van der Waals surface area (Å²) in [5, 5.41) is 12.0. The Morgan fingerprint density at radius 1 is 1.15 bits per heavy atom. The van der Waals surface area contributed by atoms with E-state index in [1.54, 1.807) is 15.5 Å². The predicted molar refractivity (Wildman–Crippen MR) is 134 cm³/mol. The lowest BCUT2D eigenvalue weighted by molar-refractivity contribution is -0.116. The van der Waals surface area contributed by atoms with Gasteiger partial charge < -0.3 is 4.90 Å². The van der Waals surface area contributed by atoms with E-state index < -0.39 is 0 Å². The minimum absolute atomic E-state index is 0.0918. The van der Waals surface area contributed by atoms with Gasteiger partial charge in [0.05, 0.1) is 29.3 Å². The van der Waals surface area contributed by atoms with Gasteiger partial charge >= 0.3 is 0 Å². The number of para-hydroxylation sites is 1. The molecule has 0 atom stereocenters. The Kier molecular flexibility index (Phi) is 6.92. The molecule has 166 valence electrons. The third-order valence-electron chi connectivity index (χ3n) is 5.07. The Balaban J connectivity index is 1.67. The monoisotopic (exact) mass is 474 g/mol. The van der Waals surface area contributed by atoms with Gasteiger partial charge in [-0.2, -0.15) is 5.26 Å². The van der Waals surface area contributed by atoms with Crippen LogP contribution < -0.4 is 10.5 Å². The summed E-state index contributed by atoms with van der Waals surface area (Å²) in [7, 11) is 0. The van der Waals surface area contributed by atoms with E-state index >= 15 is 0 Å². The molecule has 4 aromatic rings. The van der Waals surface area contributed by atoms with E-state index in [0.717, 1.165) is 16.8 Å². The maximum absolute atomic E-state index is 13.3. The molecule has 0 spiro atoms. The summed E-state index contributed by atoms with van der Waals surface area (Å²) >= 11 is 2.63. The van der Waals surface area contributed by atoms with Crippen molar-refractivity contribution in [1.29, 1.82) is 5.26 Å². The van der Waals surface area contributed by atoms with E-state index in [0.29, 0.717) is 27.6 Å². The highest BCUT2D eigenvalue weighted by atomic mass is 32.2. The number of thiophene rings is 1. The van der Waals surface area contributed by atoms with Gasteiger partial charge in [-0.25, -0.2) is 4.98 Å². The summed E-state index contributed by atoms with van der Waals surface area (Å²) in [6.07, 6.45) is 0.234. The third-order valence-corrected chi connectivity index (χ3v) is 6.80. The Bertz CT molecular complexity index is 1380. The molecule has 1 amide bonds. The number of aryl methyl sites for hydroxylation is 2. The van der Waals surface area contributed by atoms with Gasteiger partial charge in [-0.15, -0.1) is 11.3 Å². The number of hydrogen-bond acceptors (Lipinski definition) is 6. The zero-order valence-corrected chi connectivity index (χ0v) is 19.9. The smallest absolute Gasteiger partial charge is 0.267 e. The molecular formula is C25H22N4O2S2. The zero-order valence-electron chi connectivity index (χ0n) is 18.3. The number of anilines is 1. The summed E-state index contributed by atoms with van der Waals surface area (Å²) in [6, 6.07) is 19.2. The van der Waals surface area contributed by atoms with Crippen LogP contribution >= 0.6 is 23.1 Å². The lowest BCUT2D eigenvalue weighted by Gasteiger charge is -2.23. The molecule has 4 rings (SSSR count). The second-order valence-electron chi connectivity index (χ2n) is 7.60. The molecule has 0 radical (unpaired) electrons. The van der Waals surface area contributed by atoms with Gasteiger partial charge in [-0.1, -0.05) is 36.0 Å². The highest BCUT2D eigenvalue weighted by Gasteiger charge is 2.20. The molecule has 33 heavy (non-hydrogen) atoms. The van der Waals surface area contributed by atoms with Crippen LogP contribution in [0.5, 0.6) is 0 Å². The Morgan fingerprint density at radius 3 is 2.58 bits per heavy atom. The maximum Gasteiger partial charge on any atom is 0.267 e. The van der Waals surface area contributed by atoms with Crippen LogP contribution in [0, 0.1) is 25.2 Å². The third kappa shape index (κ3) is 5.00. The molecule has 0 bridgehead atoms. The number of amides is 1. The van der Waals surface area contributed by atoms with Gasteiger partial charge in [0.15, 0.2) is 5.16 Å². The van der Waals surface area contributed by atoms with Crippen LogP contribution in [-0.2, 0) is 4.79 Å². The number of fused-ring (bicyclic) bond motifs is 1. The Hall–Kier alpha value is -3.41. The fraction of sp³-hybridized carbons (Fsp3) is 0.200. The van der Waals surface area contributed by atoms with E-state index in [-0.39, 0.29) is 23.6 Å². The minimum atomic E-state index is -0.155. The molecule has 6 nitrogen and oxygen atoms in total. The van der Waals surface area contributed by atoms with Crippen LogP contribution in [0.15, 0.2) is 69.9 Å². The summed E-state index contributed by atoms with van der Waals surface area (Å²) < 4.78 is 1.56. The van der Waals surface area contributed by atoms with E-state index in [1.807, 2.05) is 67.8 Å². The summed E-state index contributed by atoms with van der Waals surface area (Å²) in [5.74, 6) is -0.0467. The summed E-state index contributed by atoms with van der Waals surface area (Å²) in [5.41, 5.74) is 3.42. The lowest BCUT2D eigenvalue weighted by atomic mass is 10.1. The molecule has 0 saturated heterocycles. The molecule has 0 aliphatic rings. The Labute approximate surface area is 200 Å². The van der Waals surface area contributed by atoms with Crippen molar-refractivity contribution in [2.24, 2.45) is 0 Å². The molecule has 8 heteroatoms. The first-order valence-corrected chi connectivity index (χ1v) is 12.3. The van der Waals surface area contributed by atoms with E-state index in [9.17, 15) is 9.59 Å². The van der Waals surface area contributed by atoms with Crippen LogP contribution in [0.25, 0.3) is 15.9 Å². The van der Waals surface area contributed by atoms with Crippen molar-refractivity contribution in [3.8, 4) is 11.8 Å². The van der Waals surface area contributed by atoms with Crippen molar-refractivity contribution in [1.82, 2.24) is 9.55 Å². The SMILES string of the molecule is Cc1cc(C)cc(N(CCC#N)C(=O)CSc2nc3sccc3c(=O)n2-c2ccccc2)c1. The topological polar surface area (TPSA) is 79.0 Å². The molecule has 0 fully saturated rings. The number of carbonyl (C=O) groups excluding carboxylic acids is 1. The van der Waals surface area contributed by atoms with E-state index in [4.69, 9.17) is 5.26 Å². The van der Waals surface area contributed by atoms with Gasteiger partial charge in [-0.05, 0) is 60.7 Å². The molecule has 0 unspecified atom stereocenters. The van der Waals surface area contributed by atoms with Crippen molar-refractivity contribution in [2.75, 3.05) is 17.2 Å². The number of hydrogen-bond donors (Lipinski definition) is 0. The molecule has 0 aliphatic carbocycles. The maximum atomic E-state index is 13.3. The number of benzene rings is 2. The lowest BCUT2D eigenvalue weighted by Crippen LogP contribution is -2.33. The van der Waals surface area contributed by atoms with Gasteiger partial charge in [0.1, 0.15) is 4.83 Å². The fourth-order valence-electron chi connectivity index (χ4n) is 3.67. The average Bonchev–Trinajstić information content (AvgIpc) is 3.27. The molecule has 0 saturated carbocycles. The van der Waals surface area contributed by atoms with Gasteiger partial charge in [0.2, 0.25) is 5.91 Å². The first-order chi connectivity index (χ1) is 16.0. The number of thioether (sulfide) groups is 1. The molecule has 0 aliphatic heterocycles. The van der Waals surface area contributed by atoms with Gasteiger partial charge in [-0.3, -0.25) is 14.2 Å². The first-order valence-electron chi connectivity index (χ1n) is 10.4. The molecule has 2 aromatic carbocycles. The predicted octanol–water partition coefficient (Wildman–Crippen LogP) is 5.10. The summed E-state index contributed by atoms with van der Waals surface area (Å²) in [6.45, 7) is 4.27. The van der Waals surface area contributed by atoms with Crippen LogP contribution in [0.2, 0.25) is 0 Å². The molecule has 0 N–H and O–H groups in total. The standard InChI is InChI=1S/C25H22N4O2S2/c1-17-13-18(2)15-20(14-17)28(11-6-10-26)22(30)16-33-25-27-23-21(9-12-32-23)24(31)29(25)19-7-4-3-5-8-19/h3-5,7-9,12-15H,6,11,16H2,1-2H3. The molecule has 2 aromatic heterocycles. The average molecular weight is 475 g/mol. The largest absolute Gasteiger partial charge is 0.311 e. The number of nitriles is 1. The van der Waals surface area contributed by atoms with Crippen molar-refractivity contribution in [3.05, 3.63) is 81.5 Å². The molecule has 2 heterocycles.